The highest BCUT2D eigenvalue weighted by molar-refractivity contribution is 5.95. The van der Waals surface area contributed by atoms with Crippen molar-refractivity contribution in [3.63, 3.8) is 0 Å². The van der Waals surface area contributed by atoms with Gasteiger partial charge >= 0.3 is 5.97 Å². The molecule has 0 saturated carbocycles. The quantitative estimate of drug-likeness (QED) is 0.752. The molecule has 1 atom stereocenters. The smallest absolute Gasteiger partial charge is 0.305 e. The normalized spacial score (nSPS) is 19.8. The molecule has 0 spiro atoms. The number of nitrogens with one attached hydrogen (secondary N) is 1. The Morgan fingerprint density at radius 1 is 1.25 bits per heavy atom. The first-order valence-corrected chi connectivity index (χ1v) is 8.01. The average Bonchev–Trinajstić information content (AvgIpc) is 2.96. The van der Waals surface area contributed by atoms with Gasteiger partial charge < -0.3 is 24.6 Å². The minimum absolute atomic E-state index is 0.173. The standard InChI is InChI=1S/C17H23NO6/c1-3-23-13-6-5-12(9-14(13)24-4-2)16(21)18-17(10-15(19)20)7-8-22-11-17/h5-6,9H,3-4,7-8,10-11H2,1-2H3,(H,18,21)(H,19,20). The highest BCUT2D eigenvalue weighted by Crippen LogP contribution is 2.29. The molecule has 1 heterocycles. The van der Waals surface area contributed by atoms with Crippen LogP contribution in [0.5, 0.6) is 11.5 Å². The van der Waals surface area contributed by atoms with Crippen LogP contribution in [0.1, 0.15) is 37.0 Å². The van der Waals surface area contributed by atoms with E-state index in [4.69, 9.17) is 19.3 Å². The lowest BCUT2D eigenvalue weighted by molar-refractivity contribution is -0.138. The number of carboxylic acids is 1. The van der Waals surface area contributed by atoms with Gasteiger partial charge in [-0.1, -0.05) is 0 Å². The summed E-state index contributed by atoms with van der Waals surface area (Å²) in [4.78, 5) is 23.6. The Hall–Kier alpha value is -2.28. The molecule has 7 nitrogen and oxygen atoms in total. The number of ether oxygens (including phenoxy) is 3. The topological polar surface area (TPSA) is 94.1 Å². The number of amides is 1. The van der Waals surface area contributed by atoms with Crippen LogP contribution in [0.2, 0.25) is 0 Å². The van der Waals surface area contributed by atoms with Crippen molar-refractivity contribution >= 4 is 11.9 Å². The molecule has 1 saturated heterocycles. The predicted octanol–water partition coefficient (Wildman–Crippen LogP) is 1.85. The summed E-state index contributed by atoms with van der Waals surface area (Å²) in [5.41, 5.74) is -0.480. The lowest BCUT2D eigenvalue weighted by atomic mass is 9.93. The van der Waals surface area contributed by atoms with Crippen molar-refractivity contribution < 1.29 is 28.9 Å². The van der Waals surface area contributed by atoms with Gasteiger partial charge in [0.1, 0.15) is 0 Å². The highest BCUT2D eigenvalue weighted by Gasteiger charge is 2.38. The molecule has 0 aliphatic carbocycles. The summed E-state index contributed by atoms with van der Waals surface area (Å²) < 4.78 is 16.3. The molecule has 24 heavy (non-hydrogen) atoms. The number of carbonyl (C=O) groups is 2. The van der Waals surface area contributed by atoms with Crippen molar-refractivity contribution in [1.82, 2.24) is 5.32 Å². The second kappa shape index (κ2) is 8.01. The van der Waals surface area contributed by atoms with Crippen LogP contribution in [0.3, 0.4) is 0 Å². The Morgan fingerprint density at radius 3 is 2.54 bits per heavy atom. The van der Waals surface area contributed by atoms with Crippen LogP contribution in [0.25, 0.3) is 0 Å². The molecule has 1 aromatic carbocycles. The second-order valence-corrected chi connectivity index (χ2v) is 5.64. The maximum Gasteiger partial charge on any atom is 0.305 e. The van der Waals surface area contributed by atoms with Gasteiger partial charge in [0.15, 0.2) is 11.5 Å². The summed E-state index contributed by atoms with van der Waals surface area (Å²) in [6.07, 6.45) is 0.300. The SMILES string of the molecule is CCOc1ccc(C(=O)NC2(CC(=O)O)CCOC2)cc1OCC. The zero-order chi connectivity index (χ0) is 17.6. The lowest BCUT2D eigenvalue weighted by Gasteiger charge is -2.27. The van der Waals surface area contributed by atoms with Crippen LogP contribution in [-0.2, 0) is 9.53 Å². The van der Waals surface area contributed by atoms with Gasteiger partial charge in [-0.05, 0) is 38.5 Å². The van der Waals surface area contributed by atoms with Crippen LogP contribution in [0.15, 0.2) is 18.2 Å². The van der Waals surface area contributed by atoms with Crippen LogP contribution >= 0.6 is 0 Å². The Balaban J connectivity index is 2.19. The third-order valence-corrected chi connectivity index (χ3v) is 3.78. The van der Waals surface area contributed by atoms with E-state index in [1.54, 1.807) is 18.2 Å². The highest BCUT2D eigenvalue weighted by atomic mass is 16.5. The zero-order valence-electron chi connectivity index (χ0n) is 14.0. The largest absolute Gasteiger partial charge is 0.490 e. The number of aliphatic carboxylic acids is 1. The summed E-state index contributed by atoms with van der Waals surface area (Å²) in [6, 6.07) is 4.92. The third-order valence-electron chi connectivity index (χ3n) is 3.78. The van der Waals surface area contributed by atoms with Crippen molar-refractivity contribution in [2.45, 2.75) is 32.2 Å². The van der Waals surface area contributed by atoms with E-state index in [1.807, 2.05) is 13.8 Å². The predicted molar refractivity (Wildman–Crippen MR) is 86.7 cm³/mol. The molecular weight excluding hydrogens is 314 g/mol. The van der Waals surface area contributed by atoms with Gasteiger partial charge in [0.05, 0.1) is 31.8 Å². The summed E-state index contributed by atoms with van der Waals surface area (Å²) in [5, 5.41) is 11.9. The van der Waals surface area contributed by atoms with Gasteiger partial charge in [-0.25, -0.2) is 0 Å². The van der Waals surface area contributed by atoms with Crippen molar-refractivity contribution in [1.29, 1.82) is 0 Å². The van der Waals surface area contributed by atoms with E-state index >= 15 is 0 Å². The Morgan fingerprint density at radius 2 is 1.96 bits per heavy atom. The monoisotopic (exact) mass is 337 g/mol. The van der Waals surface area contributed by atoms with E-state index in [0.717, 1.165) is 0 Å². The minimum atomic E-state index is -0.970. The van der Waals surface area contributed by atoms with Crippen molar-refractivity contribution in [3.05, 3.63) is 23.8 Å². The maximum atomic E-state index is 12.6. The van der Waals surface area contributed by atoms with Crippen LogP contribution in [-0.4, -0.2) is 48.9 Å². The van der Waals surface area contributed by atoms with E-state index in [0.29, 0.717) is 43.3 Å². The molecule has 1 aromatic rings. The fourth-order valence-electron chi connectivity index (χ4n) is 2.68. The van der Waals surface area contributed by atoms with Gasteiger partial charge in [0, 0.05) is 12.2 Å². The van der Waals surface area contributed by atoms with Crippen LogP contribution in [0.4, 0.5) is 0 Å². The molecule has 1 fully saturated rings. The van der Waals surface area contributed by atoms with Crippen LogP contribution < -0.4 is 14.8 Å². The number of hydrogen-bond donors (Lipinski definition) is 2. The average molecular weight is 337 g/mol. The molecule has 1 aliphatic rings. The molecular formula is C17H23NO6. The zero-order valence-corrected chi connectivity index (χ0v) is 14.0. The Bertz CT molecular complexity index is 595. The van der Waals surface area contributed by atoms with E-state index in [-0.39, 0.29) is 18.9 Å². The number of carbonyl (C=O) groups excluding carboxylic acids is 1. The number of rotatable bonds is 8. The number of hydrogen-bond acceptors (Lipinski definition) is 5. The van der Waals surface area contributed by atoms with Crippen LogP contribution in [0, 0.1) is 0 Å². The minimum Gasteiger partial charge on any atom is -0.490 e. The number of benzene rings is 1. The summed E-state index contributed by atoms with van der Waals surface area (Å²) in [6.45, 7) is 5.28. The molecule has 1 amide bonds. The molecule has 2 N–H and O–H groups in total. The van der Waals surface area contributed by atoms with Gasteiger partial charge in [0.25, 0.3) is 5.91 Å². The third kappa shape index (κ3) is 4.38. The maximum absolute atomic E-state index is 12.6. The van der Waals surface area contributed by atoms with Gasteiger partial charge in [-0.15, -0.1) is 0 Å². The van der Waals surface area contributed by atoms with Gasteiger partial charge in [-0.3, -0.25) is 9.59 Å². The molecule has 0 radical (unpaired) electrons. The van der Waals surface area contributed by atoms with Gasteiger partial charge in [0.2, 0.25) is 0 Å². The van der Waals surface area contributed by atoms with Crippen molar-refractivity contribution in [3.8, 4) is 11.5 Å². The second-order valence-electron chi connectivity index (χ2n) is 5.64. The molecule has 0 aromatic heterocycles. The molecule has 0 bridgehead atoms. The number of carboxylic acid groups (broad SMARTS) is 1. The Kier molecular flexibility index (Phi) is 6.03. The van der Waals surface area contributed by atoms with E-state index < -0.39 is 11.5 Å². The molecule has 132 valence electrons. The first-order valence-electron chi connectivity index (χ1n) is 8.01. The van der Waals surface area contributed by atoms with E-state index in [2.05, 4.69) is 5.32 Å². The summed E-state index contributed by atoms with van der Waals surface area (Å²) >= 11 is 0. The van der Waals surface area contributed by atoms with Crippen molar-refractivity contribution in [2.24, 2.45) is 0 Å². The fourth-order valence-corrected chi connectivity index (χ4v) is 2.68. The fraction of sp³-hybridized carbons (Fsp3) is 0.529. The van der Waals surface area contributed by atoms with E-state index in [1.165, 1.54) is 0 Å². The summed E-state index contributed by atoms with van der Waals surface area (Å²) in [7, 11) is 0. The van der Waals surface area contributed by atoms with E-state index in [9.17, 15) is 9.59 Å². The molecule has 1 unspecified atom stereocenters. The van der Waals surface area contributed by atoms with Gasteiger partial charge in [-0.2, -0.15) is 0 Å². The first-order chi connectivity index (χ1) is 11.5. The molecule has 2 rings (SSSR count). The first kappa shape index (κ1) is 18.1. The Labute approximate surface area is 140 Å². The van der Waals surface area contributed by atoms with Crippen molar-refractivity contribution in [2.75, 3.05) is 26.4 Å². The lowest BCUT2D eigenvalue weighted by Crippen LogP contribution is -2.50. The molecule has 1 aliphatic heterocycles. The molecule has 7 heteroatoms. The summed E-state index contributed by atoms with van der Waals surface area (Å²) in [5.74, 6) is -0.268.